The van der Waals surface area contributed by atoms with Crippen LogP contribution in [0, 0.1) is 33.6 Å². The second kappa shape index (κ2) is 7.26. The first-order valence-electron chi connectivity index (χ1n) is 8.88. The van der Waals surface area contributed by atoms with E-state index >= 15 is 0 Å². The van der Waals surface area contributed by atoms with Gasteiger partial charge in [0.25, 0.3) is 5.91 Å². The second-order valence-corrected chi connectivity index (χ2v) is 7.03. The minimum atomic E-state index is -0.0951. The molecule has 4 heteroatoms. The fourth-order valence-electron chi connectivity index (χ4n) is 3.16. The highest BCUT2D eigenvalue weighted by molar-refractivity contribution is 5.78. The Labute approximate surface area is 149 Å². The van der Waals surface area contributed by atoms with Gasteiger partial charge in [-0.05, 0) is 74.8 Å². The molecule has 0 bridgehead atoms. The number of aryl methyl sites for hydroxylation is 3. The average molecular weight is 338 g/mol. The van der Waals surface area contributed by atoms with Crippen LogP contribution in [0.4, 0.5) is 0 Å². The third kappa shape index (κ3) is 4.01. The lowest BCUT2D eigenvalue weighted by atomic mass is 10.0. The monoisotopic (exact) mass is 338 g/mol. The van der Waals surface area contributed by atoms with Crippen molar-refractivity contribution in [3.05, 3.63) is 58.4 Å². The van der Waals surface area contributed by atoms with E-state index in [1.807, 2.05) is 39.0 Å². The van der Waals surface area contributed by atoms with Gasteiger partial charge < -0.3 is 10.1 Å². The summed E-state index contributed by atoms with van der Waals surface area (Å²) in [6.07, 6.45) is 4.07. The van der Waals surface area contributed by atoms with Gasteiger partial charge in [-0.2, -0.15) is 0 Å². The van der Waals surface area contributed by atoms with Crippen molar-refractivity contribution in [2.24, 2.45) is 5.92 Å². The van der Waals surface area contributed by atoms with Crippen LogP contribution >= 0.6 is 0 Å². The zero-order valence-electron chi connectivity index (χ0n) is 15.4. The van der Waals surface area contributed by atoms with Crippen molar-refractivity contribution < 1.29 is 9.53 Å². The molecule has 25 heavy (non-hydrogen) atoms. The smallest absolute Gasteiger partial charge is 0.258 e. The van der Waals surface area contributed by atoms with Gasteiger partial charge in [-0.3, -0.25) is 9.78 Å². The number of pyridine rings is 1. The van der Waals surface area contributed by atoms with Crippen LogP contribution in [0.5, 0.6) is 5.75 Å². The zero-order chi connectivity index (χ0) is 18.0. The van der Waals surface area contributed by atoms with E-state index in [1.54, 1.807) is 6.20 Å². The number of nitrogens with one attached hydrogen (secondary N) is 1. The van der Waals surface area contributed by atoms with Crippen molar-refractivity contribution in [3.63, 3.8) is 0 Å². The minimum absolute atomic E-state index is 0.0167. The molecule has 0 unspecified atom stereocenters. The van der Waals surface area contributed by atoms with Gasteiger partial charge >= 0.3 is 0 Å². The third-order valence-corrected chi connectivity index (χ3v) is 4.98. The first kappa shape index (κ1) is 17.5. The summed E-state index contributed by atoms with van der Waals surface area (Å²) in [5, 5.41) is 3.13. The topological polar surface area (TPSA) is 51.2 Å². The molecule has 3 rings (SSSR count). The molecule has 0 aliphatic heterocycles. The molecule has 1 N–H and O–H groups in total. The third-order valence-electron chi connectivity index (χ3n) is 4.98. The molecule has 4 nitrogen and oxygen atoms in total. The largest absolute Gasteiger partial charge is 0.483 e. The normalized spacial score (nSPS) is 14.9. The number of rotatable bonds is 6. The van der Waals surface area contributed by atoms with E-state index in [0.717, 1.165) is 41.0 Å². The summed E-state index contributed by atoms with van der Waals surface area (Å²) in [6, 6.07) is 8.05. The van der Waals surface area contributed by atoms with Crippen molar-refractivity contribution in [2.45, 2.75) is 46.6 Å². The van der Waals surface area contributed by atoms with Crippen molar-refractivity contribution in [2.75, 3.05) is 6.61 Å². The molecule has 2 aromatic rings. The van der Waals surface area contributed by atoms with Crippen LogP contribution in [-0.4, -0.2) is 17.5 Å². The molecule has 1 saturated carbocycles. The van der Waals surface area contributed by atoms with Crippen LogP contribution in [0.15, 0.2) is 30.5 Å². The van der Waals surface area contributed by atoms with Gasteiger partial charge in [0.05, 0.1) is 11.7 Å². The van der Waals surface area contributed by atoms with Gasteiger partial charge in [-0.15, -0.1) is 0 Å². The number of amides is 1. The Hall–Kier alpha value is -2.36. The van der Waals surface area contributed by atoms with E-state index in [2.05, 4.69) is 23.3 Å². The van der Waals surface area contributed by atoms with Crippen LogP contribution in [-0.2, 0) is 4.79 Å². The number of ether oxygens (including phenoxy) is 1. The summed E-state index contributed by atoms with van der Waals surface area (Å²) in [6.45, 7) is 8.15. The average Bonchev–Trinajstić information content (AvgIpc) is 3.42. The maximum Gasteiger partial charge on any atom is 0.258 e. The lowest BCUT2D eigenvalue weighted by Crippen LogP contribution is -2.34. The fraction of sp³-hybridized carbons (Fsp3) is 0.429. The van der Waals surface area contributed by atoms with Crippen LogP contribution in [0.25, 0.3) is 0 Å². The van der Waals surface area contributed by atoms with Gasteiger partial charge in [-0.1, -0.05) is 18.2 Å². The molecular formula is C21H26N2O2. The van der Waals surface area contributed by atoms with Gasteiger partial charge in [0, 0.05) is 6.20 Å². The van der Waals surface area contributed by atoms with E-state index in [0.29, 0.717) is 5.92 Å². The second-order valence-electron chi connectivity index (χ2n) is 7.03. The highest BCUT2D eigenvalue weighted by Gasteiger charge is 2.35. The van der Waals surface area contributed by atoms with Gasteiger partial charge in [-0.25, -0.2) is 0 Å². The number of aromatic nitrogens is 1. The van der Waals surface area contributed by atoms with Crippen molar-refractivity contribution >= 4 is 5.91 Å². The molecule has 0 spiro atoms. The quantitative estimate of drug-likeness (QED) is 0.867. The van der Waals surface area contributed by atoms with Crippen LogP contribution in [0.2, 0.25) is 0 Å². The zero-order valence-corrected chi connectivity index (χ0v) is 15.4. The van der Waals surface area contributed by atoms with Crippen molar-refractivity contribution in [3.8, 4) is 5.75 Å². The first-order chi connectivity index (χ1) is 12.0. The van der Waals surface area contributed by atoms with E-state index in [9.17, 15) is 4.79 Å². The molecule has 1 aromatic carbocycles. The first-order valence-corrected chi connectivity index (χ1v) is 8.88. The molecule has 0 saturated heterocycles. The molecule has 1 atom stereocenters. The Bertz CT molecular complexity index is 781. The summed E-state index contributed by atoms with van der Waals surface area (Å²) in [5.74, 6) is 1.20. The number of nitrogens with zero attached hydrogens (tertiary/aromatic N) is 1. The Morgan fingerprint density at radius 2 is 1.88 bits per heavy atom. The highest BCUT2D eigenvalue weighted by atomic mass is 16.5. The summed E-state index contributed by atoms with van der Waals surface area (Å²) < 4.78 is 5.84. The molecular weight excluding hydrogens is 312 g/mol. The van der Waals surface area contributed by atoms with Gasteiger partial charge in [0.1, 0.15) is 5.75 Å². The lowest BCUT2D eigenvalue weighted by molar-refractivity contribution is -0.124. The SMILES string of the molecule is Cc1cccnc1[C@H](NC(=O)COc1c(C)ccc(C)c1C)C1CC1. The summed E-state index contributed by atoms with van der Waals surface area (Å²) in [5.41, 5.74) is 5.40. The van der Waals surface area contributed by atoms with Crippen molar-refractivity contribution in [1.29, 1.82) is 0 Å². The summed E-state index contributed by atoms with van der Waals surface area (Å²) in [4.78, 5) is 17.0. The van der Waals surface area contributed by atoms with E-state index in [4.69, 9.17) is 4.74 Å². The van der Waals surface area contributed by atoms with Gasteiger partial charge in [0.2, 0.25) is 0 Å². The van der Waals surface area contributed by atoms with Gasteiger partial charge in [0.15, 0.2) is 6.61 Å². The Morgan fingerprint density at radius 1 is 1.16 bits per heavy atom. The van der Waals surface area contributed by atoms with Crippen LogP contribution in [0.3, 0.4) is 0 Å². The minimum Gasteiger partial charge on any atom is -0.483 e. The van der Waals surface area contributed by atoms with E-state index in [-0.39, 0.29) is 18.6 Å². The summed E-state index contributed by atoms with van der Waals surface area (Å²) >= 11 is 0. The number of hydrogen-bond donors (Lipinski definition) is 1. The predicted molar refractivity (Wildman–Crippen MR) is 98.7 cm³/mol. The molecule has 1 aliphatic carbocycles. The molecule has 1 aromatic heterocycles. The molecule has 1 aliphatic rings. The Balaban J connectivity index is 1.68. The number of carbonyl (C=O) groups is 1. The fourth-order valence-corrected chi connectivity index (χ4v) is 3.16. The number of benzene rings is 1. The standard InChI is InChI=1S/C21H26N2O2/c1-13-7-8-15(3)21(16(13)4)25-12-18(24)23-20(17-9-10-17)19-14(2)6-5-11-22-19/h5-8,11,17,20H,9-10,12H2,1-4H3,(H,23,24)/t20-/m1/s1. The van der Waals surface area contributed by atoms with Crippen molar-refractivity contribution in [1.82, 2.24) is 10.3 Å². The number of hydrogen-bond acceptors (Lipinski definition) is 3. The number of carbonyl (C=O) groups excluding carboxylic acids is 1. The Kier molecular flexibility index (Phi) is 5.07. The molecule has 132 valence electrons. The summed E-state index contributed by atoms with van der Waals surface area (Å²) in [7, 11) is 0. The highest BCUT2D eigenvalue weighted by Crippen LogP contribution is 2.41. The lowest BCUT2D eigenvalue weighted by Gasteiger charge is -2.20. The van der Waals surface area contributed by atoms with Crippen LogP contribution < -0.4 is 10.1 Å². The molecule has 1 heterocycles. The molecule has 1 fully saturated rings. The maximum absolute atomic E-state index is 12.5. The van der Waals surface area contributed by atoms with Crippen LogP contribution in [0.1, 0.15) is 46.8 Å². The maximum atomic E-state index is 12.5. The van der Waals surface area contributed by atoms with E-state index < -0.39 is 0 Å². The van der Waals surface area contributed by atoms with E-state index in [1.165, 1.54) is 5.56 Å². The molecule has 0 radical (unpaired) electrons. The predicted octanol–water partition coefficient (Wildman–Crippen LogP) is 3.96. The Morgan fingerprint density at radius 3 is 2.56 bits per heavy atom. The molecule has 1 amide bonds.